The average molecular weight is 319 g/mol. The first-order valence-corrected chi connectivity index (χ1v) is 7.53. The molecule has 0 N–H and O–H groups in total. The molecule has 0 spiro atoms. The van der Waals surface area contributed by atoms with Gasteiger partial charge in [-0.3, -0.25) is 9.48 Å². The summed E-state index contributed by atoms with van der Waals surface area (Å²) < 4.78 is 6.75. The Hall–Kier alpha value is -2.37. The predicted octanol–water partition coefficient (Wildman–Crippen LogP) is 2.02. The standard InChI is InChI=1S/C17H25N3O3/c1-7-20(10-12(2)3)16(21)11-23-17(22)9-8-15-13(4)18-19(6)14(15)5/h8-9H,2,7,10-11H2,1,3-6H3/b9-8+. The number of rotatable bonds is 7. The van der Waals surface area contributed by atoms with Crippen molar-refractivity contribution in [2.45, 2.75) is 27.7 Å². The highest BCUT2D eigenvalue weighted by molar-refractivity contribution is 5.89. The van der Waals surface area contributed by atoms with E-state index in [1.807, 2.05) is 34.7 Å². The van der Waals surface area contributed by atoms with E-state index in [1.54, 1.807) is 15.7 Å². The van der Waals surface area contributed by atoms with Gasteiger partial charge in [-0.2, -0.15) is 5.10 Å². The number of nitrogens with zero attached hydrogens (tertiary/aromatic N) is 3. The molecule has 1 amide bonds. The van der Waals surface area contributed by atoms with Crippen LogP contribution >= 0.6 is 0 Å². The normalized spacial score (nSPS) is 10.8. The first kappa shape index (κ1) is 18.7. The third kappa shape index (κ3) is 5.39. The van der Waals surface area contributed by atoms with Gasteiger partial charge in [0.05, 0.1) is 5.69 Å². The number of hydrogen-bond acceptors (Lipinski definition) is 4. The second-order valence-electron chi connectivity index (χ2n) is 5.51. The van der Waals surface area contributed by atoms with Crippen LogP contribution in [0.5, 0.6) is 0 Å². The Kier molecular flexibility index (Phi) is 6.75. The number of amides is 1. The van der Waals surface area contributed by atoms with Gasteiger partial charge in [0.15, 0.2) is 6.61 Å². The van der Waals surface area contributed by atoms with Crippen molar-refractivity contribution in [2.75, 3.05) is 19.7 Å². The Bertz CT molecular complexity index is 629. The molecule has 0 fully saturated rings. The van der Waals surface area contributed by atoms with Crippen LogP contribution in [-0.2, 0) is 21.4 Å². The number of carbonyl (C=O) groups is 2. The van der Waals surface area contributed by atoms with Crippen molar-refractivity contribution in [1.29, 1.82) is 0 Å². The predicted molar refractivity (Wildman–Crippen MR) is 89.7 cm³/mol. The lowest BCUT2D eigenvalue weighted by Gasteiger charge is -2.20. The fourth-order valence-electron chi connectivity index (χ4n) is 2.16. The number of ether oxygens (including phenoxy) is 1. The first-order valence-electron chi connectivity index (χ1n) is 7.53. The molecule has 1 aromatic rings. The van der Waals surface area contributed by atoms with E-state index < -0.39 is 5.97 Å². The smallest absolute Gasteiger partial charge is 0.331 e. The van der Waals surface area contributed by atoms with Gasteiger partial charge in [-0.25, -0.2) is 4.79 Å². The zero-order chi connectivity index (χ0) is 17.6. The zero-order valence-corrected chi connectivity index (χ0v) is 14.5. The molecule has 0 bridgehead atoms. The van der Waals surface area contributed by atoms with Gasteiger partial charge in [-0.15, -0.1) is 0 Å². The molecular weight excluding hydrogens is 294 g/mol. The molecule has 6 heteroatoms. The van der Waals surface area contributed by atoms with Gasteiger partial charge in [0.2, 0.25) is 0 Å². The van der Waals surface area contributed by atoms with Crippen LogP contribution in [-0.4, -0.2) is 46.3 Å². The maximum Gasteiger partial charge on any atom is 0.331 e. The molecule has 126 valence electrons. The highest BCUT2D eigenvalue weighted by Crippen LogP contribution is 2.13. The largest absolute Gasteiger partial charge is 0.452 e. The topological polar surface area (TPSA) is 64.4 Å². The van der Waals surface area contributed by atoms with Gasteiger partial charge in [0.1, 0.15) is 0 Å². The third-order valence-corrected chi connectivity index (χ3v) is 3.48. The van der Waals surface area contributed by atoms with E-state index in [9.17, 15) is 9.59 Å². The summed E-state index contributed by atoms with van der Waals surface area (Å²) in [7, 11) is 1.84. The lowest BCUT2D eigenvalue weighted by atomic mass is 10.2. The zero-order valence-electron chi connectivity index (χ0n) is 14.5. The molecule has 1 rings (SSSR count). The van der Waals surface area contributed by atoms with Gasteiger partial charge >= 0.3 is 5.97 Å². The van der Waals surface area contributed by atoms with E-state index in [2.05, 4.69) is 11.7 Å². The Morgan fingerprint density at radius 3 is 2.52 bits per heavy atom. The van der Waals surface area contributed by atoms with E-state index >= 15 is 0 Å². The van der Waals surface area contributed by atoms with Crippen molar-refractivity contribution in [3.8, 4) is 0 Å². The number of likely N-dealkylation sites (N-methyl/N-ethyl adjacent to an activating group) is 1. The third-order valence-electron chi connectivity index (χ3n) is 3.48. The molecule has 0 radical (unpaired) electrons. The summed E-state index contributed by atoms with van der Waals surface area (Å²) in [4.78, 5) is 25.3. The van der Waals surface area contributed by atoms with Crippen LogP contribution in [0.1, 0.15) is 30.8 Å². The molecule has 0 atom stereocenters. The van der Waals surface area contributed by atoms with E-state index in [4.69, 9.17) is 4.74 Å². The minimum Gasteiger partial charge on any atom is -0.452 e. The van der Waals surface area contributed by atoms with Crippen LogP contribution in [0.2, 0.25) is 0 Å². The number of carbonyl (C=O) groups excluding carboxylic acids is 2. The molecule has 0 saturated carbocycles. The summed E-state index contributed by atoms with van der Waals surface area (Å²) in [6, 6.07) is 0. The van der Waals surface area contributed by atoms with Crippen LogP contribution in [0.15, 0.2) is 18.2 Å². The van der Waals surface area contributed by atoms with Crippen LogP contribution < -0.4 is 0 Å². The summed E-state index contributed by atoms with van der Waals surface area (Å²) in [5.41, 5.74) is 3.56. The van der Waals surface area contributed by atoms with E-state index in [1.165, 1.54) is 6.08 Å². The van der Waals surface area contributed by atoms with Gasteiger partial charge in [0.25, 0.3) is 5.91 Å². The van der Waals surface area contributed by atoms with Gasteiger partial charge in [0, 0.05) is 37.5 Å². The average Bonchev–Trinajstić information content (AvgIpc) is 2.73. The molecule has 0 aliphatic carbocycles. The van der Waals surface area contributed by atoms with Crippen molar-refractivity contribution in [3.63, 3.8) is 0 Å². The number of aryl methyl sites for hydroxylation is 2. The van der Waals surface area contributed by atoms with Crippen LogP contribution in [0.25, 0.3) is 6.08 Å². The van der Waals surface area contributed by atoms with E-state index in [-0.39, 0.29) is 12.5 Å². The minimum atomic E-state index is -0.549. The van der Waals surface area contributed by atoms with Gasteiger partial charge < -0.3 is 9.64 Å². The summed E-state index contributed by atoms with van der Waals surface area (Å²) in [5.74, 6) is -0.779. The Balaban J connectivity index is 2.58. The van der Waals surface area contributed by atoms with Crippen LogP contribution in [0.4, 0.5) is 0 Å². The molecule has 0 aliphatic rings. The minimum absolute atomic E-state index is 0.231. The maximum absolute atomic E-state index is 12.0. The van der Waals surface area contributed by atoms with E-state index in [0.717, 1.165) is 22.5 Å². The molecule has 0 unspecified atom stereocenters. The number of hydrogen-bond donors (Lipinski definition) is 0. The molecule has 0 aliphatic heterocycles. The first-order chi connectivity index (χ1) is 10.8. The van der Waals surface area contributed by atoms with Crippen molar-refractivity contribution >= 4 is 18.0 Å². The molecule has 0 aromatic carbocycles. The van der Waals surface area contributed by atoms with Gasteiger partial charge in [-0.1, -0.05) is 12.2 Å². The molecule has 1 heterocycles. The summed E-state index contributed by atoms with van der Waals surface area (Å²) in [6.45, 7) is 12.0. The van der Waals surface area contributed by atoms with Gasteiger partial charge in [-0.05, 0) is 33.8 Å². The number of aromatic nitrogens is 2. The fraction of sp³-hybridized carbons (Fsp3) is 0.471. The summed E-state index contributed by atoms with van der Waals surface area (Å²) >= 11 is 0. The number of esters is 1. The summed E-state index contributed by atoms with van der Waals surface area (Å²) in [6.07, 6.45) is 2.98. The second kappa shape index (κ2) is 8.31. The van der Waals surface area contributed by atoms with E-state index in [0.29, 0.717) is 13.1 Å². The highest BCUT2D eigenvalue weighted by Gasteiger charge is 2.13. The van der Waals surface area contributed by atoms with Crippen molar-refractivity contribution in [2.24, 2.45) is 7.05 Å². The molecular formula is C17H25N3O3. The maximum atomic E-state index is 12.0. The quantitative estimate of drug-likeness (QED) is 0.438. The van der Waals surface area contributed by atoms with Crippen LogP contribution in [0.3, 0.4) is 0 Å². The molecule has 6 nitrogen and oxygen atoms in total. The molecule has 0 saturated heterocycles. The molecule has 1 aromatic heterocycles. The lowest BCUT2D eigenvalue weighted by Crippen LogP contribution is -2.35. The summed E-state index contributed by atoms with van der Waals surface area (Å²) in [5, 5.41) is 4.27. The monoisotopic (exact) mass is 319 g/mol. The van der Waals surface area contributed by atoms with Crippen molar-refractivity contribution in [3.05, 3.63) is 35.2 Å². The lowest BCUT2D eigenvalue weighted by molar-refractivity contribution is -0.147. The second-order valence-corrected chi connectivity index (χ2v) is 5.51. The Morgan fingerprint density at radius 1 is 1.39 bits per heavy atom. The molecule has 23 heavy (non-hydrogen) atoms. The fourth-order valence-corrected chi connectivity index (χ4v) is 2.16. The van der Waals surface area contributed by atoms with Crippen molar-refractivity contribution in [1.82, 2.24) is 14.7 Å². The Morgan fingerprint density at radius 2 is 2.04 bits per heavy atom. The SMILES string of the molecule is C=C(C)CN(CC)C(=O)COC(=O)/C=C/c1c(C)nn(C)c1C. The Labute approximate surface area is 137 Å². The van der Waals surface area contributed by atoms with Crippen molar-refractivity contribution < 1.29 is 14.3 Å². The van der Waals surface area contributed by atoms with Crippen LogP contribution in [0, 0.1) is 13.8 Å². The highest BCUT2D eigenvalue weighted by atomic mass is 16.5.